The molecule has 2 aliphatic rings. The van der Waals surface area contributed by atoms with Gasteiger partial charge in [0, 0.05) is 5.69 Å². The molecule has 0 bridgehead atoms. The molecule has 3 rings (SSSR count). The summed E-state index contributed by atoms with van der Waals surface area (Å²) < 4.78 is 0. The standard InChI is InChI=1S/C16H21N/c1-11-10-12(2)17-15-13(11)7-9-16(3)8-5-4-6-14(15)16/h6,10H,4-5,7-9H2,1-3H3. The van der Waals surface area contributed by atoms with Crippen molar-refractivity contribution in [2.24, 2.45) is 5.41 Å². The Morgan fingerprint density at radius 2 is 2.06 bits per heavy atom. The van der Waals surface area contributed by atoms with E-state index >= 15 is 0 Å². The largest absolute Gasteiger partial charge is 0.253 e. The lowest BCUT2D eigenvalue weighted by molar-refractivity contribution is 0.343. The van der Waals surface area contributed by atoms with Gasteiger partial charge in [0.2, 0.25) is 0 Å². The van der Waals surface area contributed by atoms with Crippen LogP contribution in [-0.2, 0) is 6.42 Å². The van der Waals surface area contributed by atoms with E-state index in [1.807, 2.05) is 0 Å². The first-order chi connectivity index (χ1) is 8.10. The van der Waals surface area contributed by atoms with Gasteiger partial charge in [-0.15, -0.1) is 0 Å². The van der Waals surface area contributed by atoms with Gasteiger partial charge in [-0.05, 0) is 74.1 Å². The van der Waals surface area contributed by atoms with Gasteiger partial charge in [0.05, 0.1) is 5.69 Å². The molecule has 1 aromatic rings. The lowest BCUT2D eigenvalue weighted by Crippen LogP contribution is -2.28. The summed E-state index contributed by atoms with van der Waals surface area (Å²) >= 11 is 0. The number of aryl methyl sites for hydroxylation is 2. The van der Waals surface area contributed by atoms with Crippen LogP contribution in [0.1, 0.15) is 55.1 Å². The van der Waals surface area contributed by atoms with Gasteiger partial charge in [-0.25, -0.2) is 0 Å². The maximum Gasteiger partial charge on any atom is 0.0701 e. The van der Waals surface area contributed by atoms with Crippen molar-refractivity contribution < 1.29 is 0 Å². The predicted octanol–water partition coefficient (Wildman–Crippen LogP) is 4.22. The number of nitrogens with zero attached hydrogens (tertiary/aromatic N) is 1. The van der Waals surface area contributed by atoms with Crippen LogP contribution in [0.5, 0.6) is 0 Å². The zero-order chi connectivity index (χ0) is 12.0. The van der Waals surface area contributed by atoms with Gasteiger partial charge >= 0.3 is 0 Å². The average molecular weight is 227 g/mol. The molecule has 0 aliphatic heterocycles. The van der Waals surface area contributed by atoms with E-state index in [9.17, 15) is 0 Å². The van der Waals surface area contributed by atoms with Crippen LogP contribution < -0.4 is 0 Å². The molecule has 0 radical (unpaired) electrons. The molecule has 0 saturated carbocycles. The number of hydrogen-bond acceptors (Lipinski definition) is 1. The average Bonchev–Trinajstić information content (AvgIpc) is 2.27. The topological polar surface area (TPSA) is 12.9 Å². The Balaban J connectivity index is 2.21. The first-order valence-electron chi connectivity index (χ1n) is 6.78. The number of allylic oxidation sites excluding steroid dienone is 2. The molecule has 17 heavy (non-hydrogen) atoms. The molecule has 0 spiro atoms. The van der Waals surface area contributed by atoms with Crippen molar-refractivity contribution in [1.82, 2.24) is 4.98 Å². The fourth-order valence-electron chi connectivity index (χ4n) is 3.56. The lowest BCUT2D eigenvalue weighted by atomic mass is 9.65. The number of fused-ring (bicyclic) bond motifs is 3. The summed E-state index contributed by atoms with van der Waals surface area (Å²) in [4.78, 5) is 4.84. The van der Waals surface area contributed by atoms with Gasteiger partial charge in [0.1, 0.15) is 0 Å². The van der Waals surface area contributed by atoms with Crippen molar-refractivity contribution >= 4 is 5.57 Å². The van der Waals surface area contributed by atoms with Crippen LogP contribution >= 0.6 is 0 Å². The Labute approximate surface area is 104 Å². The molecule has 0 N–H and O–H groups in total. The van der Waals surface area contributed by atoms with E-state index in [0.29, 0.717) is 5.41 Å². The van der Waals surface area contributed by atoms with Crippen LogP contribution in [0, 0.1) is 19.3 Å². The van der Waals surface area contributed by atoms with E-state index in [2.05, 4.69) is 32.9 Å². The Bertz CT molecular complexity index is 498. The van der Waals surface area contributed by atoms with Crippen LogP contribution in [0.3, 0.4) is 0 Å². The maximum atomic E-state index is 4.84. The molecule has 1 nitrogen and oxygen atoms in total. The Hall–Kier alpha value is -1.11. The van der Waals surface area contributed by atoms with Crippen LogP contribution in [-0.4, -0.2) is 4.98 Å². The second-order valence-corrected chi connectivity index (χ2v) is 5.98. The van der Waals surface area contributed by atoms with E-state index in [-0.39, 0.29) is 0 Å². The predicted molar refractivity (Wildman–Crippen MR) is 72.0 cm³/mol. The van der Waals surface area contributed by atoms with Crippen molar-refractivity contribution in [1.29, 1.82) is 0 Å². The van der Waals surface area contributed by atoms with Crippen molar-refractivity contribution in [2.45, 2.75) is 52.9 Å². The Morgan fingerprint density at radius 1 is 1.24 bits per heavy atom. The number of aromatic nitrogens is 1. The zero-order valence-corrected chi connectivity index (χ0v) is 11.1. The summed E-state index contributed by atoms with van der Waals surface area (Å²) in [6.07, 6.45) is 8.89. The van der Waals surface area contributed by atoms with E-state index in [0.717, 1.165) is 5.69 Å². The molecule has 2 aliphatic carbocycles. The third-order valence-electron chi connectivity index (χ3n) is 4.59. The van der Waals surface area contributed by atoms with E-state index < -0.39 is 0 Å². The minimum atomic E-state index is 0.401. The summed E-state index contributed by atoms with van der Waals surface area (Å²) in [5, 5.41) is 0. The van der Waals surface area contributed by atoms with Crippen molar-refractivity contribution in [3.63, 3.8) is 0 Å². The minimum Gasteiger partial charge on any atom is -0.253 e. The normalized spacial score (nSPS) is 27.1. The van der Waals surface area contributed by atoms with E-state index in [1.165, 1.54) is 54.5 Å². The molecule has 1 aromatic heterocycles. The smallest absolute Gasteiger partial charge is 0.0701 e. The molecule has 1 unspecified atom stereocenters. The van der Waals surface area contributed by atoms with Gasteiger partial charge in [-0.1, -0.05) is 13.0 Å². The summed E-state index contributed by atoms with van der Waals surface area (Å²) in [7, 11) is 0. The molecular formula is C16H21N. The molecular weight excluding hydrogens is 206 g/mol. The molecule has 1 heterocycles. The highest BCUT2D eigenvalue weighted by molar-refractivity contribution is 5.73. The number of pyridine rings is 1. The summed E-state index contributed by atoms with van der Waals surface area (Å²) in [6.45, 7) is 6.78. The highest BCUT2D eigenvalue weighted by Crippen LogP contribution is 2.50. The van der Waals surface area contributed by atoms with Crippen LogP contribution in [0.4, 0.5) is 0 Å². The Morgan fingerprint density at radius 3 is 2.88 bits per heavy atom. The third kappa shape index (κ3) is 1.64. The van der Waals surface area contributed by atoms with Gasteiger partial charge in [-0.2, -0.15) is 0 Å². The Kier molecular flexibility index (Phi) is 2.39. The molecule has 0 aromatic carbocycles. The molecule has 1 atom stereocenters. The molecule has 0 fully saturated rings. The van der Waals surface area contributed by atoms with Crippen molar-refractivity contribution in [3.05, 3.63) is 34.7 Å². The molecule has 90 valence electrons. The van der Waals surface area contributed by atoms with Gasteiger partial charge < -0.3 is 0 Å². The van der Waals surface area contributed by atoms with Crippen LogP contribution in [0.2, 0.25) is 0 Å². The van der Waals surface area contributed by atoms with Crippen molar-refractivity contribution in [2.75, 3.05) is 0 Å². The summed E-state index contributed by atoms with van der Waals surface area (Å²) in [5.74, 6) is 0. The van der Waals surface area contributed by atoms with E-state index in [1.54, 1.807) is 0 Å². The molecule has 0 amide bonds. The SMILES string of the molecule is Cc1cc(C)c2c(n1)C1=CCCCC1(C)CC2. The monoisotopic (exact) mass is 227 g/mol. The maximum absolute atomic E-state index is 4.84. The summed E-state index contributed by atoms with van der Waals surface area (Å²) in [6, 6.07) is 2.23. The zero-order valence-electron chi connectivity index (χ0n) is 11.1. The third-order valence-corrected chi connectivity index (χ3v) is 4.59. The number of rotatable bonds is 0. The van der Waals surface area contributed by atoms with Crippen LogP contribution in [0.25, 0.3) is 5.57 Å². The molecule has 0 saturated heterocycles. The van der Waals surface area contributed by atoms with Gasteiger partial charge in [0.25, 0.3) is 0 Å². The highest BCUT2D eigenvalue weighted by atomic mass is 14.7. The van der Waals surface area contributed by atoms with Gasteiger partial charge in [-0.3, -0.25) is 4.98 Å². The van der Waals surface area contributed by atoms with Crippen molar-refractivity contribution in [3.8, 4) is 0 Å². The highest BCUT2D eigenvalue weighted by Gasteiger charge is 2.37. The number of hydrogen-bond donors (Lipinski definition) is 0. The minimum absolute atomic E-state index is 0.401. The van der Waals surface area contributed by atoms with Crippen LogP contribution in [0.15, 0.2) is 12.1 Å². The first-order valence-corrected chi connectivity index (χ1v) is 6.78. The van der Waals surface area contributed by atoms with Gasteiger partial charge in [0.15, 0.2) is 0 Å². The second-order valence-electron chi connectivity index (χ2n) is 5.98. The van der Waals surface area contributed by atoms with E-state index in [4.69, 9.17) is 4.98 Å². The first kappa shape index (κ1) is 11.0. The fourth-order valence-corrected chi connectivity index (χ4v) is 3.56. The second kappa shape index (κ2) is 3.69. The quantitative estimate of drug-likeness (QED) is 0.646. The lowest BCUT2D eigenvalue weighted by Gasteiger charge is -2.40. The fraction of sp³-hybridized carbons (Fsp3) is 0.562. The molecule has 1 heteroatoms. The summed E-state index contributed by atoms with van der Waals surface area (Å²) in [5.41, 5.74) is 7.35.